The number of likely N-dealkylation sites (tertiary alicyclic amines) is 1. The molecule has 9 nitrogen and oxygen atoms in total. The molecule has 1 aromatic carbocycles. The number of nitrogens with zero attached hydrogens (tertiary/aromatic N) is 6. The molecule has 3 aromatic heterocycles. The molecule has 2 aliphatic rings. The minimum atomic E-state index is -0.506. The van der Waals surface area contributed by atoms with Crippen molar-refractivity contribution in [1.29, 1.82) is 0 Å². The molecule has 6 rings (SSSR count). The van der Waals surface area contributed by atoms with Gasteiger partial charge in [0.2, 0.25) is 0 Å². The van der Waals surface area contributed by atoms with Crippen LogP contribution >= 0.6 is 34.7 Å². The van der Waals surface area contributed by atoms with Crippen molar-refractivity contribution in [1.82, 2.24) is 29.6 Å². The number of thiazole rings is 1. The fourth-order valence-corrected chi connectivity index (χ4v) is 6.42. The average Bonchev–Trinajstić information content (AvgIpc) is 3.68. The van der Waals surface area contributed by atoms with Gasteiger partial charge in [-0.15, -0.1) is 21.5 Å². The first kappa shape index (κ1) is 24.5. The van der Waals surface area contributed by atoms with Crippen molar-refractivity contribution >= 4 is 40.6 Å². The lowest BCUT2D eigenvalue weighted by Crippen LogP contribution is -2.47. The van der Waals surface area contributed by atoms with E-state index in [0.717, 1.165) is 16.3 Å². The van der Waals surface area contributed by atoms with E-state index < -0.39 is 5.79 Å². The summed E-state index contributed by atoms with van der Waals surface area (Å²) in [5.74, 6) is 0.662. The first-order valence-electron chi connectivity index (χ1n) is 11.9. The van der Waals surface area contributed by atoms with E-state index >= 15 is 0 Å². The zero-order valence-corrected chi connectivity index (χ0v) is 22.1. The molecule has 1 amide bonds. The molecule has 190 valence electrons. The molecule has 0 atom stereocenters. The highest BCUT2D eigenvalue weighted by Gasteiger charge is 2.41. The molecule has 0 radical (unpaired) electrons. The van der Waals surface area contributed by atoms with Crippen molar-refractivity contribution in [2.75, 3.05) is 26.3 Å². The second-order valence-electron chi connectivity index (χ2n) is 8.68. The molecule has 0 aliphatic carbocycles. The van der Waals surface area contributed by atoms with Gasteiger partial charge >= 0.3 is 0 Å². The number of hydrogen-bond donors (Lipinski definition) is 0. The number of pyridine rings is 1. The van der Waals surface area contributed by atoms with E-state index in [1.807, 2.05) is 51.2 Å². The Morgan fingerprint density at radius 2 is 1.97 bits per heavy atom. The third kappa shape index (κ3) is 5.14. The minimum Gasteiger partial charge on any atom is -0.347 e. The molecule has 0 bridgehead atoms. The Bertz CT molecular complexity index is 1400. The average molecular weight is 555 g/mol. The standard InChI is InChI=1S/C25H23ClN6O3S2/c26-18-4-1-5-19(13-18)32-22(17-3-2-8-27-14-17)29-30-24(32)37-16-21-28-20(15-36-21)23(33)31-9-6-25(7-10-31)34-11-12-35-25/h1-5,8,13-15H,6-7,9-12,16H2. The summed E-state index contributed by atoms with van der Waals surface area (Å²) >= 11 is 9.26. The summed E-state index contributed by atoms with van der Waals surface area (Å²) in [4.78, 5) is 23.7. The number of carbonyl (C=O) groups excluding carboxylic acids is 1. The van der Waals surface area contributed by atoms with Gasteiger partial charge in [0, 0.05) is 54.3 Å². The van der Waals surface area contributed by atoms with Crippen molar-refractivity contribution in [2.45, 2.75) is 29.5 Å². The maximum atomic E-state index is 13.1. The summed E-state index contributed by atoms with van der Waals surface area (Å²) in [7, 11) is 0. The zero-order valence-electron chi connectivity index (χ0n) is 19.7. The third-order valence-electron chi connectivity index (χ3n) is 6.34. The molecule has 2 fully saturated rings. The number of rotatable bonds is 6. The van der Waals surface area contributed by atoms with Crippen LogP contribution in [0.15, 0.2) is 59.3 Å². The van der Waals surface area contributed by atoms with Crippen molar-refractivity contribution in [3.8, 4) is 17.1 Å². The SMILES string of the molecule is O=C(c1csc(CSc2nnc(-c3cccnc3)n2-c2cccc(Cl)c2)n1)N1CCC2(CC1)OCCO2. The molecule has 5 heterocycles. The predicted octanol–water partition coefficient (Wildman–Crippen LogP) is 4.71. The molecule has 1 spiro atoms. The number of piperidine rings is 1. The van der Waals surface area contributed by atoms with Crippen LogP contribution < -0.4 is 0 Å². The predicted molar refractivity (Wildman–Crippen MR) is 141 cm³/mol. The minimum absolute atomic E-state index is 0.0543. The lowest BCUT2D eigenvalue weighted by Gasteiger charge is -2.37. The maximum absolute atomic E-state index is 13.1. The van der Waals surface area contributed by atoms with Crippen molar-refractivity contribution in [3.05, 3.63) is 69.9 Å². The van der Waals surface area contributed by atoms with Gasteiger partial charge in [0.15, 0.2) is 16.8 Å². The van der Waals surface area contributed by atoms with Crippen LogP contribution in [0.25, 0.3) is 17.1 Å². The number of ether oxygens (including phenoxy) is 2. The maximum Gasteiger partial charge on any atom is 0.273 e. The molecule has 2 aliphatic heterocycles. The summed E-state index contributed by atoms with van der Waals surface area (Å²) in [5, 5.41) is 12.9. The van der Waals surface area contributed by atoms with Gasteiger partial charge in [-0.1, -0.05) is 29.4 Å². The van der Waals surface area contributed by atoms with E-state index in [-0.39, 0.29) is 5.91 Å². The van der Waals surface area contributed by atoms with Gasteiger partial charge < -0.3 is 14.4 Å². The molecule has 12 heteroatoms. The normalized spacial score (nSPS) is 16.9. The monoisotopic (exact) mass is 554 g/mol. The Morgan fingerprint density at radius 3 is 2.73 bits per heavy atom. The summed E-state index contributed by atoms with van der Waals surface area (Å²) < 4.78 is 13.5. The topological polar surface area (TPSA) is 95.3 Å². The van der Waals surface area contributed by atoms with Crippen molar-refractivity contribution in [2.24, 2.45) is 0 Å². The molecule has 0 N–H and O–H groups in total. The smallest absolute Gasteiger partial charge is 0.273 e. The number of thioether (sulfide) groups is 1. The second-order valence-corrected chi connectivity index (χ2v) is 11.0. The van der Waals surface area contributed by atoms with Crippen LogP contribution in [0.3, 0.4) is 0 Å². The summed E-state index contributed by atoms with van der Waals surface area (Å²) in [6.45, 7) is 2.44. The van der Waals surface area contributed by atoms with Crippen LogP contribution in [0.1, 0.15) is 28.3 Å². The molecule has 2 saturated heterocycles. The largest absolute Gasteiger partial charge is 0.347 e. The Labute approximate surface area is 226 Å². The van der Waals surface area contributed by atoms with Gasteiger partial charge in [0.25, 0.3) is 5.91 Å². The lowest BCUT2D eigenvalue weighted by atomic mass is 10.0. The first-order chi connectivity index (χ1) is 18.1. The van der Waals surface area contributed by atoms with Crippen LogP contribution in [0, 0.1) is 0 Å². The van der Waals surface area contributed by atoms with Gasteiger partial charge in [-0.25, -0.2) is 4.98 Å². The van der Waals surface area contributed by atoms with Crippen LogP contribution in [0.2, 0.25) is 5.02 Å². The van der Waals surface area contributed by atoms with E-state index in [1.165, 1.54) is 23.1 Å². The molecular weight excluding hydrogens is 532 g/mol. The van der Waals surface area contributed by atoms with Gasteiger partial charge in [-0.05, 0) is 30.3 Å². The summed E-state index contributed by atoms with van der Waals surface area (Å²) in [6.07, 6.45) is 4.85. The number of amides is 1. The fourth-order valence-electron chi connectivity index (χ4n) is 4.49. The fraction of sp³-hybridized carbons (Fsp3) is 0.320. The van der Waals surface area contributed by atoms with E-state index in [2.05, 4.69) is 20.2 Å². The molecular formula is C25H23ClN6O3S2. The number of aromatic nitrogens is 5. The summed E-state index contributed by atoms with van der Waals surface area (Å²) in [6, 6.07) is 11.4. The number of carbonyl (C=O) groups is 1. The van der Waals surface area contributed by atoms with Crippen LogP contribution in [0.5, 0.6) is 0 Å². The Morgan fingerprint density at radius 1 is 1.14 bits per heavy atom. The van der Waals surface area contributed by atoms with Crippen LogP contribution in [-0.4, -0.2) is 67.6 Å². The third-order valence-corrected chi connectivity index (χ3v) is 8.55. The Balaban J connectivity index is 1.17. The van der Waals surface area contributed by atoms with Crippen molar-refractivity contribution in [3.63, 3.8) is 0 Å². The van der Waals surface area contributed by atoms with E-state index in [1.54, 1.807) is 12.4 Å². The first-order valence-corrected chi connectivity index (χ1v) is 14.1. The van der Waals surface area contributed by atoms with Crippen molar-refractivity contribution < 1.29 is 14.3 Å². The Hall–Kier alpha value is -2.83. The Kier molecular flexibility index (Phi) is 6.96. The molecule has 0 unspecified atom stereocenters. The van der Waals surface area contributed by atoms with Crippen LogP contribution in [-0.2, 0) is 15.2 Å². The van der Waals surface area contributed by atoms with Gasteiger partial charge in [-0.3, -0.25) is 14.3 Å². The number of benzene rings is 1. The van der Waals surface area contributed by atoms with E-state index in [4.69, 9.17) is 21.1 Å². The van der Waals surface area contributed by atoms with E-state index in [9.17, 15) is 4.79 Å². The quantitative estimate of drug-likeness (QED) is 0.316. The molecule has 37 heavy (non-hydrogen) atoms. The van der Waals surface area contributed by atoms with Crippen LogP contribution in [0.4, 0.5) is 0 Å². The molecule has 4 aromatic rings. The van der Waals surface area contributed by atoms with Gasteiger partial charge in [0.05, 0.1) is 24.7 Å². The number of halogens is 1. The zero-order chi connectivity index (χ0) is 25.2. The highest BCUT2D eigenvalue weighted by molar-refractivity contribution is 7.98. The van der Waals surface area contributed by atoms with E-state index in [0.29, 0.717) is 66.6 Å². The van der Waals surface area contributed by atoms with Gasteiger partial charge in [-0.2, -0.15) is 0 Å². The van der Waals surface area contributed by atoms with Gasteiger partial charge in [0.1, 0.15) is 10.7 Å². The summed E-state index contributed by atoms with van der Waals surface area (Å²) in [5.41, 5.74) is 2.17. The molecule has 0 saturated carbocycles. The highest BCUT2D eigenvalue weighted by Crippen LogP contribution is 2.33. The number of hydrogen-bond acceptors (Lipinski definition) is 9. The lowest BCUT2D eigenvalue weighted by molar-refractivity contribution is -0.181. The second kappa shape index (κ2) is 10.5. The highest BCUT2D eigenvalue weighted by atomic mass is 35.5.